The molecule has 5 nitrogen and oxygen atoms in total. The summed E-state index contributed by atoms with van der Waals surface area (Å²) in [5, 5.41) is 22.5. The fourth-order valence-electron chi connectivity index (χ4n) is 3.69. The van der Waals surface area contributed by atoms with Crippen molar-refractivity contribution in [2.75, 3.05) is 0 Å². The Labute approximate surface area is 177 Å². The van der Waals surface area contributed by atoms with Crippen molar-refractivity contribution >= 4 is 0 Å². The number of nitrogens with zero attached hydrogens (tertiary/aromatic N) is 2. The van der Waals surface area contributed by atoms with Crippen molar-refractivity contribution in [3.05, 3.63) is 118 Å². The predicted octanol–water partition coefficient (Wildman–Crippen LogP) is 4.33. The molecule has 0 aromatic heterocycles. The quantitative estimate of drug-likeness (QED) is 0.404. The minimum Gasteiger partial charge on any atom is -0.384 e. The van der Waals surface area contributed by atoms with Gasteiger partial charge in [-0.2, -0.15) is 0 Å². The third-order valence-electron chi connectivity index (χ3n) is 5.43. The lowest BCUT2D eigenvalue weighted by Gasteiger charge is -2.35. The van der Waals surface area contributed by atoms with Crippen LogP contribution in [0.5, 0.6) is 0 Å². The third-order valence-corrected chi connectivity index (χ3v) is 5.43. The van der Waals surface area contributed by atoms with Gasteiger partial charge in [0.05, 0.1) is 0 Å². The van der Waals surface area contributed by atoms with Gasteiger partial charge in [0.15, 0.2) is 0 Å². The minimum absolute atomic E-state index is 0.397. The van der Waals surface area contributed by atoms with Crippen LogP contribution in [0.4, 0.5) is 0 Å². The Morgan fingerprint density at radius 3 is 1.60 bits per heavy atom. The van der Waals surface area contributed by atoms with Crippen LogP contribution < -0.4 is 0 Å². The van der Waals surface area contributed by atoms with E-state index in [2.05, 4.69) is 4.90 Å². The van der Waals surface area contributed by atoms with Gasteiger partial charge >= 0.3 is 0 Å². The van der Waals surface area contributed by atoms with Gasteiger partial charge in [-0.3, -0.25) is 15.0 Å². The van der Waals surface area contributed by atoms with Gasteiger partial charge < -0.3 is 5.11 Å². The zero-order valence-electron chi connectivity index (χ0n) is 17.2. The average Bonchev–Trinajstić information content (AvgIpc) is 2.78. The molecule has 0 saturated heterocycles. The summed E-state index contributed by atoms with van der Waals surface area (Å²) in [4.78, 5) is 13.2. The second kappa shape index (κ2) is 10.7. The van der Waals surface area contributed by atoms with E-state index in [4.69, 9.17) is 0 Å². The molecule has 0 aliphatic heterocycles. The van der Waals surface area contributed by atoms with Gasteiger partial charge in [0, 0.05) is 31.0 Å². The Morgan fingerprint density at radius 2 is 1.20 bits per heavy atom. The summed E-state index contributed by atoms with van der Waals surface area (Å²) in [5.41, 5.74) is 3.25. The summed E-state index contributed by atoms with van der Waals surface area (Å²) < 4.78 is 0. The molecule has 0 heterocycles. The third kappa shape index (κ3) is 5.99. The summed E-state index contributed by atoms with van der Waals surface area (Å²) in [7, 11) is 0. The molecule has 0 aliphatic rings. The largest absolute Gasteiger partial charge is 0.384 e. The molecule has 3 atom stereocenters. The highest BCUT2D eigenvalue weighted by molar-refractivity contribution is 5.20. The molecule has 0 aliphatic carbocycles. The molecule has 3 rings (SSSR count). The Bertz CT molecular complexity index is 862. The minimum atomic E-state index is -1.10. The van der Waals surface area contributed by atoms with Crippen LogP contribution in [0.3, 0.4) is 0 Å². The van der Waals surface area contributed by atoms with E-state index in [1.165, 1.54) is 6.92 Å². The molecule has 0 fully saturated rings. The molecule has 0 spiro atoms. The van der Waals surface area contributed by atoms with Gasteiger partial charge in [0.25, 0.3) is 0 Å². The number of benzene rings is 3. The first-order valence-electron chi connectivity index (χ1n) is 10.2. The molecule has 0 radical (unpaired) electrons. The zero-order chi connectivity index (χ0) is 21.3. The zero-order valence-corrected chi connectivity index (χ0v) is 17.2. The van der Waals surface area contributed by atoms with E-state index >= 15 is 0 Å². The van der Waals surface area contributed by atoms with E-state index in [-0.39, 0.29) is 0 Å². The van der Waals surface area contributed by atoms with Crippen LogP contribution in [0.15, 0.2) is 91.0 Å². The highest BCUT2D eigenvalue weighted by Crippen LogP contribution is 2.21. The normalized spacial score (nSPS) is 14.2. The second-order valence-corrected chi connectivity index (χ2v) is 7.65. The topological polar surface area (TPSA) is 66.6 Å². The standard InChI is InChI=1S/C25H28N2O3/c1-20(27(29)30)25(28)24(17-21-11-5-2-6-12-21)26(18-22-13-7-3-8-14-22)19-23-15-9-4-10-16-23/h2-16,20,24-25,28H,17-19H2,1H3/t20-,24+,25-/m1/s1. The van der Waals surface area contributed by atoms with Crippen molar-refractivity contribution in [2.24, 2.45) is 0 Å². The number of aliphatic hydroxyl groups excluding tert-OH is 1. The summed E-state index contributed by atoms with van der Waals surface area (Å²) in [6, 6.07) is 28.4. The molecule has 3 aromatic carbocycles. The fourth-order valence-corrected chi connectivity index (χ4v) is 3.69. The molecular weight excluding hydrogens is 376 g/mol. The lowest BCUT2D eigenvalue weighted by molar-refractivity contribution is -0.531. The summed E-state index contributed by atoms with van der Waals surface area (Å²) in [6.07, 6.45) is -0.576. The lowest BCUT2D eigenvalue weighted by Crippen LogP contribution is -2.50. The average molecular weight is 405 g/mol. The summed E-state index contributed by atoms with van der Waals surface area (Å²) in [6.45, 7) is 2.66. The molecule has 30 heavy (non-hydrogen) atoms. The maximum Gasteiger partial charge on any atom is 0.237 e. The van der Waals surface area contributed by atoms with E-state index in [0.29, 0.717) is 19.5 Å². The van der Waals surface area contributed by atoms with Crippen molar-refractivity contribution in [3.8, 4) is 0 Å². The van der Waals surface area contributed by atoms with E-state index < -0.39 is 23.1 Å². The first-order valence-corrected chi connectivity index (χ1v) is 10.2. The van der Waals surface area contributed by atoms with Crippen molar-refractivity contribution < 1.29 is 10.0 Å². The molecule has 0 unspecified atom stereocenters. The molecule has 3 aromatic rings. The molecule has 1 N–H and O–H groups in total. The summed E-state index contributed by atoms with van der Waals surface area (Å²) in [5.74, 6) is 0. The lowest BCUT2D eigenvalue weighted by atomic mass is 9.94. The Balaban J connectivity index is 1.95. The van der Waals surface area contributed by atoms with Crippen LogP contribution in [0, 0.1) is 10.1 Å². The van der Waals surface area contributed by atoms with Gasteiger partial charge in [-0.05, 0) is 23.1 Å². The monoisotopic (exact) mass is 404 g/mol. The fraction of sp³-hybridized carbons (Fsp3) is 0.280. The van der Waals surface area contributed by atoms with Crippen LogP contribution in [0.1, 0.15) is 23.6 Å². The van der Waals surface area contributed by atoms with Crippen LogP contribution in [-0.2, 0) is 19.5 Å². The predicted molar refractivity (Wildman–Crippen MR) is 119 cm³/mol. The van der Waals surface area contributed by atoms with Crippen molar-refractivity contribution in [1.82, 2.24) is 4.90 Å². The molecule has 156 valence electrons. The van der Waals surface area contributed by atoms with Gasteiger partial charge in [0.2, 0.25) is 6.04 Å². The second-order valence-electron chi connectivity index (χ2n) is 7.65. The molecule has 0 amide bonds. The van der Waals surface area contributed by atoms with Crippen molar-refractivity contribution in [1.29, 1.82) is 0 Å². The Morgan fingerprint density at radius 1 is 0.800 bits per heavy atom. The van der Waals surface area contributed by atoms with Crippen molar-refractivity contribution in [2.45, 2.75) is 44.6 Å². The van der Waals surface area contributed by atoms with Crippen LogP contribution in [0.2, 0.25) is 0 Å². The van der Waals surface area contributed by atoms with Gasteiger partial charge in [-0.15, -0.1) is 0 Å². The molecule has 0 bridgehead atoms. The van der Waals surface area contributed by atoms with Crippen LogP contribution >= 0.6 is 0 Å². The van der Waals surface area contributed by atoms with Gasteiger partial charge in [0.1, 0.15) is 6.10 Å². The van der Waals surface area contributed by atoms with Crippen LogP contribution in [0.25, 0.3) is 0 Å². The maximum absolute atomic E-state index is 11.5. The summed E-state index contributed by atoms with van der Waals surface area (Å²) >= 11 is 0. The maximum atomic E-state index is 11.5. The number of rotatable bonds is 10. The first-order chi connectivity index (χ1) is 14.5. The van der Waals surface area contributed by atoms with E-state index in [0.717, 1.165) is 16.7 Å². The molecule has 0 saturated carbocycles. The first kappa shape index (κ1) is 21.7. The highest BCUT2D eigenvalue weighted by atomic mass is 16.6. The number of hydrogen-bond acceptors (Lipinski definition) is 4. The molecular formula is C25H28N2O3. The number of hydrogen-bond donors (Lipinski definition) is 1. The number of nitro groups is 1. The van der Waals surface area contributed by atoms with E-state index in [9.17, 15) is 15.2 Å². The Hall–Kier alpha value is -3.02. The van der Waals surface area contributed by atoms with E-state index in [1.807, 2.05) is 91.0 Å². The Kier molecular flexibility index (Phi) is 7.71. The molecule has 5 heteroatoms. The van der Waals surface area contributed by atoms with Gasteiger partial charge in [-0.25, -0.2) is 0 Å². The number of aliphatic hydroxyl groups is 1. The smallest absolute Gasteiger partial charge is 0.237 e. The van der Waals surface area contributed by atoms with E-state index in [1.54, 1.807) is 0 Å². The van der Waals surface area contributed by atoms with Crippen molar-refractivity contribution in [3.63, 3.8) is 0 Å². The van der Waals surface area contributed by atoms with Crippen LogP contribution in [-0.4, -0.2) is 33.1 Å². The SMILES string of the molecule is C[C@H]([C@@H](O)[C@H](Cc1ccccc1)N(Cc1ccccc1)Cc1ccccc1)[N+](=O)[O-]. The highest BCUT2D eigenvalue weighted by Gasteiger charge is 2.36. The van der Waals surface area contributed by atoms with Gasteiger partial charge in [-0.1, -0.05) is 91.0 Å².